The molecule has 1 aromatic heterocycles. The van der Waals surface area contributed by atoms with E-state index in [9.17, 15) is 9.18 Å². The highest BCUT2D eigenvalue weighted by molar-refractivity contribution is 6.12. The molecule has 130 valence electrons. The maximum atomic E-state index is 14.0. The van der Waals surface area contributed by atoms with Gasteiger partial charge in [-0.2, -0.15) is 5.26 Å². The molecule has 3 rings (SSSR count). The lowest BCUT2D eigenvalue weighted by Gasteiger charge is -2.12. The van der Waals surface area contributed by atoms with Crippen molar-refractivity contribution in [3.8, 4) is 11.8 Å². The standard InChI is InChI=1S/C19H15FN4O2/c1-10-11(2)23-18-14(7-13(20)8-16(18)22-10)19(25)24-15-6-12(9-21)4-5-17(15)26-3/h4-8H,1-3H3,(H,24,25). The average molecular weight is 350 g/mol. The number of benzene rings is 2. The van der Waals surface area contributed by atoms with E-state index in [4.69, 9.17) is 10.00 Å². The number of hydrogen-bond donors (Lipinski definition) is 1. The number of rotatable bonds is 3. The number of aromatic nitrogens is 2. The Labute approximate surface area is 149 Å². The third kappa shape index (κ3) is 3.17. The van der Waals surface area contributed by atoms with Crippen molar-refractivity contribution in [2.24, 2.45) is 0 Å². The molecule has 0 spiro atoms. The Balaban J connectivity index is 2.09. The van der Waals surface area contributed by atoms with Crippen LogP contribution in [0.15, 0.2) is 30.3 Å². The van der Waals surface area contributed by atoms with Gasteiger partial charge < -0.3 is 10.1 Å². The predicted octanol–water partition coefficient (Wildman–Crippen LogP) is 3.52. The Kier molecular flexibility index (Phi) is 4.50. The maximum absolute atomic E-state index is 14.0. The van der Waals surface area contributed by atoms with E-state index in [1.165, 1.54) is 19.2 Å². The predicted molar refractivity (Wildman–Crippen MR) is 94.6 cm³/mol. The summed E-state index contributed by atoms with van der Waals surface area (Å²) in [5, 5.41) is 11.7. The fraction of sp³-hybridized carbons (Fsp3) is 0.158. The molecule has 3 aromatic rings. The van der Waals surface area contributed by atoms with E-state index in [0.717, 1.165) is 6.07 Å². The fourth-order valence-electron chi connectivity index (χ4n) is 2.54. The number of aryl methyl sites for hydroxylation is 2. The van der Waals surface area contributed by atoms with Crippen LogP contribution in [0.2, 0.25) is 0 Å². The topological polar surface area (TPSA) is 87.9 Å². The number of nitrogens with zero attached hydrogens (tertiary/aromatic N) is 3. The highest BCUT2D eigenvalue weighted by Gasteiger charge is 2.17. The molecule has 0 radical (unpaired) electrons. The van der Waals surface area contributed by atoms with Gasteiger partial charge >= 0.3 is 0 Å². The molecule has 0 atom stereocenters. The summed E-state index contributed by atoms with van der Waals surface area (Å²) >= 11 is 0. The molecule has 0 fully saturated rings. The van der Waals surface area contributed by atoms with Crippen LogP contribution in [0.1, 0.15) is 27.3 Å². The molecule has 6 nitrogen and oxygen atoms in total. The number of fused-ring (bicyclic) bond motifs is 1. The lowest BCUT2D eigenvalue weighted by atomic mass is 10.1. The van der Waals surface area contributed by atoms with Crippen molar-refractivity contribution in [1.29, 1.82) is 5.26 Å². The van der Waals surface area contributed by atoms with Crippen molar-refractivity contribution in [3.63, 3.8) is 0 Å². The first kappa shape index (κ1) is 17.3. The van der Waals surface area contributed by atoms with Crippen LogP contribution in [0.3, 0.4) is 0 Å². The molecule has 0 bridgehead atoms. The van der Waals surface area contributed by atoms with Gasteiger partial charge in [-0.1, -0.05) is 0 Å². The average Bonchev–Trinajstić information content (AvgIpc) is 2.62. The SMILES string of the molecule is COc1ccc(C#N)cc1NC(=O)c1cc(F)cc2nc(C)c(C)nc12. The monoisotopic (exact) mass is 350 g/mol. The number of carbonyl (C=O) groups is 1. The van der Waals surface area contributed by atoms with Crippen LogP contribution >= 0.6 is 0 Å². The van der Waals surface area contributed by atoms with Gasteiger partial charge in [0.25, 0.3) is 5.91 Å². The fourth-order valence-corrected chi connectivity index (χ4v) is 2.54. The molecule has 26 heavy (non-hydrogen) atoms. The van der Waals surface area contributed by atoms with Crippen molar-refractivity contribution in [3.05, 3.63) is 58.7 Å². The molecular weight excluding hydrogens is 335 g/mol. The Hall–Kier alpha value is -3.53. The van der Waals surface area contributed by atoms with E-state index in [0.29, 0.717) is 39.4 Å². The van der Waals surface area contributed by atoms with Crippen LogP contribution in [-0.2, 0) is 0 Å². The second-order valence-electron chi connectivity index (χ2n) is 5.70. The summed E-state index contributed by atoms with van der Waals surface area (Å²) in [6.45, 7) is 3.54. The van der Waals surface area contributed by atoms with E-state index in [1.807, 2.05) is 6.07 Å². The minimum Gasteiger partial charge on any atom is -0.495 e. The largest absolute Gasteiger partial charge is 0.495 e. The first-order valence-electron chi connectivity index (χ1n) is 7.77. The third-order valence-corrected chi connectivity index (χ3v) is 3.97. The molecule has 1 amide bonds. The molecule has 0 aliphatic rings. The van der Waals surface area contributed by atoms with Gasteiger partial charge in [-0.3, -0.25) is 4.79 Å². The van der Waals surface area contributed by atoms with E-state index in [-0.39, 0.29) is 5.56 Å². The minimum atomic E-state index is -0.585. The van der Waals surface area contributed by atoms with Gasteiger partial charge in [0.1, 0.15) is 17.1 Å². The van der Waals surface area contributed by atoms with Gasteiger partial charge in [-0.25, -0.2) is 14.4 Å². The second-order valence-corrected chi connectivity index (χ2v) is 5.70. The van der Waals surface area contributed by atoms with Crippen LogP contribution in [0.25, 0.3) is 11.0 Å². The van der Waals surface area contributed by atoms with Crippen LogP contribution in [0, 0.1) is 31.0 Å². The number of ether oxygens (including phenoxy) is 1. The summed E-state index contributed by atoms with van der Waals surface area (Å²) in [7, 11) is 1.45. The number of nitriles is 1. The number of amides is 1. The van der Waals surface area contributed by atoms with Gasteiger partial charge in [0.05, 0.1) is 46.9 Å². The highest BCUT2D eigenvalue weighted by atomic mass is 19.1. The summed E-state index contributed by atoms with van der Waals surface area (Å²) < 4.78 is 19.2. The summed E-state index contributed by atoms with van der Waals surface area (Å²) in [4.78, 5) is 21.4. The van der Waals surface area contributed by atoms with Crippen LogP contribution in [0.5, 0.6) is 5.75 Å². The number of carbonyl (C=O) groups excluding carboxylic acids is 1. The first-order chi connectivity index (χ1) is 12.4. The minimum absolute atomic E-state index is 0.0556. The Morgan fingerprint density at radius 1 is 1.19 bits per heavy atom. The molecule has 2 aromatic carbocycles. The van der Waals surface area contributed by atoms with E-state index < -0.39 is 11.7 Å². The quantitative estimate of drug-likeness (QED) is 0.781. The molecular formula is C19H15FN4O2. The van der Waals surface area contributed by atoms with Crippen molar-refractivity contribution < 1.29 is 13.9 Å². The Bertz CT molecular complexity index is 1070. The van der Waals surface area contributed by atoms with Crippen molar-refractivity contribution in [1.82, 2.24) is 9.97 Å². The van der Waals surface area contributed by atoms with E-state index in [2.05, 4.69) is 15.3 Å². The molecule has 1 heterocycles. The summed E-state index contributed by atoms with van der Waals surface area (Å²) in [6.07, 6.45) is 0. The molecule has 1 N–H and O–H groups in total. The number of methoxy groups -OCH3 is 1. The van der Waals surface area contributed by atoms with Gasteiger partial charge in [0.15, 0.2) is 0 Å². The third-order valence-electron chi connectivity index (χ3n) is 3.97. The zero-order chi connectivity index (χ0) is 18.8. The number of anilines is 1. The number of halogens is 1. The molecule has 0 saturated carbocycles. The van der Waals surface area contributed by atoms with Gasteiger partial charge in [-0.15, -0.1) is 0 Å². The lowest BCUT2D eigenvalue weighted by Crippen LogP contribution is -2.15. The van der Waals surface area contributed by atoms with E-state index >= 15 is 0 Å². The lowest BCUT2D eigenvalue weighted by molar-refractivity contribution is 0.102. The highest BCUT2D eigenvalue weighted by Crippen LogP contribution is 2.27. The van der Waals surface area contributed by atoms with Crippen LogP contribution < -0.4 is 10.1 Å². The smallest absolute Gasteiger partial charge is 0.258 e. The van der Waals surface area contributed by atoms with E-state index in [1.54, 1.807) is 26.0 Å². The van der Waals surface area contributed by atoms with Crippen molar-refractivity contribution >= 4 is 22.6 Å². The Morgan fingerprint density at radius 3 is 2.62 bits per heavy atom. The van der Waals surface area contributed by atoms with Crippen LogP contribution in [-0.4, -0.2) is 23.0 Å². The van der Waals surface area contributed by atoms with Gasteiger partial charge in [-0.05, 0) is 38.1 Å². The molecule has 0 aliphatic carbocycles. The molecule has 0 aliphatic heterocycles. The normalized spacial score (nSPS) is 10.4. The Morgan fingerprint density at radius 2 is 1.92 bits per heavy atom. The van der Waals surface area contributed by atoms with Crippen molar-refractivity contribution in [2.75, 3.05) is 12.4 Å². The number of nitrogens with one attached hydrogen (secondary N) is 1. The zero-order valence-electron chi connectivity index (χ0n) is 14.4. The van der Waals surface area contributed by atoms with Gasteiger partial charge in [0, 0.05) is 6.07 Å². The summed E-state index contributed by atoms with van der Waals surface area (Å²) in [6, 6.07) is 8.98. The second kappa shape index (κ2) is 6.76. The maximum Gasteiger partial charge on any atom is 0.258 e. The van der Waals surface area contributed by atoms with Crippen molar-refractivity contribution in [2.45, 2.75) is 13.8 Å². The first-order valence-corrected chi connectivity index (χ1v) is 7.77. The number of hydrogen-bond acceptors (Lipinski definition) is 5. The molecule has 0 saturated heterocycles. The van der Waals surface area contributed by atoms with Gasteiger partial charge in [0.2, 0.25) is 0 Å². The summed E-state index contributed by atoms with van der Waals surface area (Å²) in [5.41, 5.74) is 2.65. The van der Waals surface area contributed by atoms with Crippen LogP contribution in [0.4, 0.5) is 10.1 Å². The summed E-state index contributed by atoms with van der Waals surface area (Å²) in [5.74, 6) is -0.769. The molecule has 0 unspecified atom stereocenters. The zero-order valence-corrected chi connectivity index (χ0v) is 14.4. The molecule has 7 heteroatoms.